The molecule has 0 saturated heterocycles. The summed E-state index contributed by atoms with van der Waals surface area (Å²) in [4.78, 5) is 44.3. The van der Waals surface area contributed by atoms with Crippen molar-refractivity contribution in [2.24, 2.45) is 0 Å². The third-order valence-corrected chi connectivity index (χ3v) is 5.48. The first-order valence-corrected chi connectivity index (χ1v) is 10.9. The number of aromatic nitrogens is 2. The van der Waals surface area contributed by atoms with Crippen molar-refractivity contribution in [3.05, 3.63) is 68.4 Å². The highest BCUT2D eigenvalue weighted by Crippen LogP contribution is 2.21. The number of nitrogens with one attached hydrogen (secondary N) is 1. The van der Waals surface area contributed by atoms with Crippen molar-refractivity contribution < 1.29 is 28.6 Å². The van der Waals surface area contributed by atoms with Crippen molar-refractivity contribution in [3.8, 4) is 5.75 Å². The number of ether oxygens (including phenoxy) is 3. The van der Waals surface area contributed by atoms with Gasteiger partial charge in [0.2, 0.25) is 5.78 Å². The van der Waals surface area contributed by atoms with E-state index in [2.05, 4.69) is 9.97 Å². The lowest BCUT2D eigenvalue weighted by atomic mass is 10.1. The predicted molar refractivity (Wildman–Crippen MR) is 118 cm³/mol. The first kappa shape index (κ1) is 23.2. The zero-order valence-electron chi connectivity index (χ0n) is 18.3. The fourth-order valence-electron chi connectivity index (χ4n) is 3.21. The van der Waals surface area contributed by atoms with E-state index in [0.29, 0.717) is 22.6 Å². The van der Waals surface area contributed by atoms with Crippen LogP contribution in [-0.4, -0.2) is 40.9 Å². The predicted octanol–water partition coefficient (Wildman–Crippen LogP) is 4.19. The highest BCUT2D eigenvalue weighted by atomic mass is 32.1. The number of Topliss-reactive ketones (excluding diaryl/α,β-unsaturated/α-hetero) is 1. The minimum absolute atomic E-state index is 0.221. The zero-order valence-corrected chi connectivity index (χ0v) is 19.1. The van der Waals surface area contributed by atoms with Crippen LogP contribution in [-0.2, 0) is 16.1 Å². The van der Waals surface area contributed by atoms with E-state index in [4.69, 9.17) is 14.2 Å². The highest BCUT2D eigenvalue weighted by Gasteiger charge is 2.23. The summed E-state index contributed by atoms with van der Waals surface area (Å²) in [5.74, 6) is -1.10. The molecule has 0 aliphatic heterocycles. The van der Waals surface area contributed by atoms with Gasteiger partial charge in [-0.05, 0) is 51.5 Å². The molecule has 0 aliphatic carbocycles. The molecule has 0 radical (unpaired) electrons. The number of nitrogens with zero attached hydrogens (tertiary/aromatic N) is 1. The molecule has 0 unspecified atom stereocenters. The van der Waals surface area contributed by atoms with Gasteiger partial charge in [-0.1, -0.05) is 6.07 Å². The van der Waals surface area contributed by atoms with Crippen molar-refractivity contribution in [2.45, 2.75) is 34.3 Å². The average Bonchev–Trinajstić information content (AvgIpc) is 3.32. The summed E-state index contributed by atoms with van der Waals surface area (Å²) in [5, 5.41) is 2.87. The van der Waals surface area contributed by atoms with Crippen molar-refractivity contribution in [1.82, 2.24) is 9.97 Å². The molecular formula is C23H24N2O6S. The Morgan fingerprint density at radius 1 is 1.09 bits per heavy atom. The largest absolute Gasteiger partial charge is 0.487 e. The van der Waals surface area contributed by atoms with E-state index in [0.717, 1.165) is 10.7 Å². The number of carbonyl (C=O) groups excluding carboxylic acids is 3. The lowest BCUT2D eigenvalue weighted by Gasteiger charge is -2.08. The van der Waals surface area contributed by atoms with E-state index < -0.39 is 24.3 Å². The first-order valence-electron chi connectivity index (χ1n) is 10.0. The lowest BCUT2D eigenvalue weighted by molar-refractivity contribution is 0.0472. The second-order valence-electron chi connectivity index (χ2n) is 7.02. The van der Waals surface area contributed by atoms with E-state index in [-0.39, 0.29) is 24.5 Å². The molecule has 3 rings (SSSR count). The topological polar surface area (TPSA) is 108 Å². The van der Waals surface area contributed by atoms with Gasteiger partial charge in [0.25, 0.3) is 0 Å². The van der Waals surface area contributed by atoms with Crippen LogP contribution in [0.25, 0.3) is 0 Å². The third-order valence-electron chi connectivity index (χ3n) is 4.65. The van der Waals surface area contributed by atoms with Crippen LogP contribution >= 0.6 is 11.3 Å². The van der Waals surface area contributed by atoms with Gasteiger partial charge in [0.15, 0.2) is 6.61 Å². The van der Waals surface area contributed by atoms with Gasteiger partial charge in [-0.15, -0.1) is 11.3 Å². The Balaban J connectivity index is 1.62. The van der Waals surface area contributed by atoms with Crippen molar-refractivity contribution in [1.29, 1.82) is 0 Å². The fourth-order valence-corrected chi connectivity index (χ4v) is 3.80. The molecular weight excluding hydrogens is 432 g/mol. The molecule has 0 amide bonds. The Hall–Kier alpha value is -3.46. The number of carbonyl (C=O) groups is 3. The molecule has 0 atom stereocenters. The number of hydrogen-bond donors (Lipinski definition) is 1. The van der Waals surface area contributed by atoms with Crippen LogP contribution in [0.2, 0.25) is 0 Å². The molecule has 0 saturated carbocycles. The maximum Gasteiger partial charge on any atom is 0.355 e. The monoisotopic (exact) mass is 456 g/mol. The molecule has 3 aromatic rings. The number of esters is 2. The standard InChI is InChI=1S/C23H24N2O6S/c1-5-29-23(28)21-13(2)20(14(3)24-21)19(26)11-31-22(27)16-7-6-8-18(9-16)30-10-17-12-32-15(4)25-17/h6-9,12,24H,5,10-11H2,1-4H3. The molecule has 0 spiro atoms. The number of ketones is 1. The molecule has 1 N–H and O–H groups in total. The Kier molecular flexibility index (Phi) is 7.42. The van der Waals surface area contributed by atoms with Gasteiger partial charge in [0.05, 0.1) is 22.9 Å². The van der Waals surface area contributed by atoms with Gasteiger partial charge < -0.3 is 19.2 Å². The normalized spacial score (nSPS) is 10.6. The summed E-state index contributed by atoms with van der Waals surface area (Å²) >= 11 is 1.54. The van der Waals surface area contributed by atoms with Gasteiger partial charge >= 0.3 is 11.9 Å². The summed E-state index contributed by atoms with van der Waals surface area (Å²) in [6.45, 7) is 7.00. The van der Waals surface area contributed by atoms with Crippen LogP contribution in [0.5, 0.6) is 5.75 Å². The van der Waals surface area contributed by atoms with E-state index in [1.165, 1.54) is 11.3 Å². The van der Waals surface area contributed by atoms with Crippen LogP contribution in [0.4, 0.5) is 0 Å². The third kappa shape index (κ3) is 5.42. The molecule has 1 aromatic carbocycles. The van der Waals surface area contributed by atoms with Crippen LogP contribution < -0.4 is 4.74 Å². The number of aromatic amines is 1. The summed E-state index contributed by atoms with van der Waals surface area (Å²) < 4.78 is 15.9. The van der Waals surface area contributed by atoms with Crippen LogP contribution in [0.3, 0.4) is 0 Å². The summed E-state index contributed by atoms with van der Waals surface area (Å²) in [6, 6.07) is 6.53. The summed E-state index contributed by atoms with van der Waals surface area (Å²) in [5.41, 5.74) is 2.59. The minimum atomic E-state index is -0.648. The smallest absolute Gasteiger partial charge is 0.355 e. The molecule has 32 heavy (non-hydrogen) atoms. The minimum Gasteiger partial charge on any atom is -0.487 e. The van der Waals surface area contributed by atoms with E-state index in [1.54, 1.807) is 45.0 Å². The molecule has 8 nitrogen and oxygen atoms in total. The lowest BCUT2D eigenvalue weighted by Crippen LogP contribution is -2.15. The van der Waals surface area contributed by atoms with E-state index in [9.17, 15) is 14.4 Å². The van der Waals surface area contributed by atoms with Crippen molar-refractivity contribution >= 4 is 29.1 Å². The molecule has 0 fully saturated rings. The van der Waals surface area contributed by atoms with Crippen molar-refractivity contribution in [3.63, 3.8) is 0 Å². The Bertz CT molecular complexity index is 1150. The SMILES string of the molecule is CCOC(=O)c1[nH]c(C)c(C(=O)COC(=O)c2cccc(OCc3csc(C)n3)c2)c1C. The molecule has 2 heterocycles. The Labute approximate surface area is 189 Å². The van der Waals surface area contributed by atoms with Gasteiger partial charge in [-0.3, -0.25) is 4.79 Å². The number of aryl methyl sites for hydroxylation is 2. The average molecular weight is 457 g/mol. The van der Waals surface area contributed by atoms with Crippen LogP contribution in [0, 0.1) is 20.8 Å². The van der Waals surface area contributed by atoms with Crippen molar-refractivity contribution in [2.75, 3.05) is 13.2 Å². The highest BCUT2D eigenvalue weighted by molar-refractivity contribution is 7.09. The summed E-state index contributed by atoms with van der Waals surface area (Å²) in [7, 11) is 0. The number of rotatable bonds is 9. The molecule has 0 aliphatic rings. The quantitative estimate of drug-likeness (QED) is 0.380. The molecule has 0 bridgehead atoms. The molecule has 168 valence electrons. The maximum absolute atomic E-state index is 12.7. The zero-order chi connectivity index (χ0) is 23.3. The van der Waals surface area contributed by atoms with E-state index >= 15 is 0 Å². The fraction of sp³-hybridized carbons (Fsp3) is 0.304. The second-order valence-corrected chi connectivity index (χ2v) is 8.08. The number of hydrogen-bond acceptors (Lipinski definition) is 8. The Morgan fingerprint density at radius 2 is 1.88 bits per heavy atom. The van der Waals surface area contributed by atoms with Gasteiger partial charge in [0.1, 0.15) is 18.1 Å². The molecule has 2 aromatic heterocycles. The second kappa shape index (κ2) is 10.2. The summed E-state index contributed by atoms with van der Waals surface area (Å²) in [6.07, 6.45) is 0. The van der Waals surface area contributed by atoms with E-state index in [1.807, 2.05) is 12.3 Å². The van der Waals surface area contributed by atoms with Crippen LogP contribution in [0.15, 0.2) is 29.6 Å². The van der Waals surface area contributed by atoms with Crippen LogP contribution in [0.1, 0.15) is 60.1 Å². The van der Waals surface area contributed by atoms with Gasteiger partial charge in [-0.2, -0.15) is 0 Å². The Morgan fingerprint density at radius 3 is 2.56 bits per heavy atom. The molecule has 9 heteroatoms. The first-order chi connectivity index (χ1) is 15.3. The van der Waals surface area contributed by atoms with Gasteiger partial charge in [-0.25, -0.2) is 14.6 Å². The maximum atomic E-state index is 12.7. The number of benzene rings is 1. The number of H-pyrrole nitrogens is 1. The van der Waals surface area contributed by atoms with Gasteiger partial charge in [0, 0.05) is 16.6 Å². The number of thiazole rings is 1.